The van der Waals surface area contributed by atoms with Gasteiger partial charge in [0.2, 0.25) is 0 Å². The minimum Gasteiger partial charge on any atom is -0.270 e. The van der Waals surface area contributed by atoms with Crippen LogP contribution in [0.1, 0.15) is 15.9 Å². The summed E-state index contributed by atoms with van der Waals surface area (Å²) in [5.74, 6) is 0.0658. The maximum atomic E-state index is 11.6. The summed E-state index contributed by atoms with van der Waals surface area (Å²) in [4.78, 5) is 11.6. The zero-order valence-corrected chi connectivity index (χ0v) is 9.33. The first-order valence-corrected chi connectivity index (χ1v) is 5.08. The highest BCUT2D eigenvalue weighted by atomic mass is 127. The number of hydrazine groups is 1. The Morgan fingerprint density at radius 3 is 3.00 bits per heavy atom. The molecule has 0 radical (unpaired) electrons. The van der Waals surface area contributed by atoms with Crippen LogP contribution in [0.5, 0.6) is 0 Å². The zero-order valence-electron chi connectivity index (χ0n) is 7.17. The van der Waals surface area contributed by atoms with E-state index < -0.39 is 0 Å². The standard InChI is InChI=1S/C9H9IN2O/c1-11-12-5-6-2-3-7(10)4-8(6)9(12)13/h2-4,11H,5H2,1H3. The molecule has 1 aromatic carbocycles. The number of halogens is 1. The van der Waals surface area contributed by atoms with Gasteiger partial charge in [-0.2, -0.15) is 0 Å². The van der Waals surface area contributed by atoms with Crippen LogP contribution < -0.4 is 5.43 Å². The van der Waals surface area contributed by atoms with Crippen molar-refractivity contribution in [1.29, 1.82) is 0 Å². The number of hydrogen-bond donors (Lipinski definition) is 1. The Morgan fingerprint density at radius 1 is 1.54 bits per heavy atom. The van der Waals surface area contributed by atoms with Gasteiger partial charge in [-0.25, -0.2) is 5.43 Å². The molecule has 1 N–H and O–H groups in total. The van der Waals surface area contributed by atoms with Gasteiger partial charge >= 0.3 is 0 Å². The van der Waals surface area contributed by atoms with Crippen LogP contribution >= 0.6 is 22.6 Å². The Kier molecular flexibility index (Phi) is 2.25. The van der Waals surface area contributed by atoms with Crippen LogP contribution in [-0.2, 0) is 6.54 Å². The molecule has 1 aromatic rings. The second-order valence-electron chi connectivity index (χ2n) is 2.92. The summed E-state index contributed by atoms with van der Waals surface area (Å²) in [6.45, 7) is 0.668. The summed E-state index contributed by atoms with van der Waals surface area (Å²) in [6.07, 6.45) is 0. The molecule has 0 bridgehead atoms. The molecule has 0 saturated heterocycles. The van der Waals surface area contributed by atoms with E-state index >= 15 is 0 Å². The average Bonchev–Trinajstić information content (AvgIpc) is 2.44. The molecule has 0 aliphatic carbocycles. The lowest BCUT2D eigenvalue weighted by Gasteiger charge is -2.12. The van der Waals surface area contributed by atoms with Crippen LogP contribution in [0.4, 0.5) is 0 Å². The maximum absolute atomic E-state index is 11.6. The largest absolute Gasteiger partial charge is 0.270 e. The molecular formula is C9H9IN2O. The van der Waals surface area contributed by atoms with Crippen molar-refractivity contribution in [2.24, 2.45) is 0 Å². The number of carbonyl (C=O) groups excluding carboxylic acids is 1. The lowest BCUT2D eigenvalue weighted by molar-refractivity contribution is 0.0706. The van der Waals surface area contributed by atoms with Gasteiger partial charge in [0.15, 0.2) is 0 Å². The van der Waals surface area contributed by atoms with Crippen LogP contribution in [0.3, 0.4) is 0 Å². The van der Waals surface area contributed by atoms with Crippen LogP contribution in [0.25, 0.3) is 0 Å². The quantitative estimate of drug-likeness (QED) is 0.792. The van der Waals surface area contributed by atoms with E-state index in [4.69, 9.17) is 0 Å². The minimum atomic E-state index is 0.0658. The predicted octanol–water partition coefficient (Wildman–Crippen LogP) is 1.38. The third-order valence-corrected chi connectivity index (χ3v) is 2.82. The van der Waals surface area contributed by atoms with Crippen LogP contribution in [0.2, 0.25) is 0 Å². The van der Waals surface area contributed by atoms with Crippen molar-refractivity contribution in [2.45, 2.75) is 6.54 Å². The van der Waals surface area contributed by atoms with Gasteiger partial charge in [0, 0.05) is 16.2 Å². The summed E-state index contributed by atoms with van der Waals surface area (Å²) >= 11 is 2.21. The zero-order chi connectivity index (χ0) is 9.42. The van der Waals surface area contributed by atoms with E-state index in [1.165, 1.54) is 0 Å². The van der Waals surface area contributed by atoms with Gasteiger partial charge < -0.3 is 0 Å². The summed E-state index contributed by atoms with van der Waals surface area (Å²) in [7, 11) is 1.76. The molecule has 0 unspecified atom stereocenters. The molecule has 0 spiro atoms. The molecule has 1 aliphatic heterocycles. The topological polar surface area (TPSA) is 32.3 Å². The van der Waals surface area contributed by atoms with Gasteiger partial charge in [-0.15, -0.1) is 0 Å². The molecule has 13 heavy (non-hydrogen) atoms. The van der Waals surface area contributed by atoms with Crippen molar-refractivity contribution in [3.63, 3.8) is 0 Å². The molecule has 0 fully saturated rings. The van der Waals surface area contributed by atoms with Gasteiger partial charge in [-0.05, 0) is 40.3 Å². The first kappa shape index (κ1) is 8.96. The molecule has 1 amide bonds. The van der Waals surface area contributed by atoms with Crippen molar-refractivity contribution in [3.05, 3.63) is 32.9 Å². The summed E-state index contributed by atoms with van der Waals surface area (Å²) < 4.78 is 1.10. The molecule has 1 aliphatic rings. The van der Waals surface area contributed by atoms with Crippen molar-refractivity contribution in [1.82, 2.24) is 10.4 Å². The number of amides is 1. The van der Waals surface area contributed by atoms with Crippen LogP contribution in [0, 0.1) is 3.57 Å². The number of rotatable bonds is 1. The third-order valence-electron chi connectivity index (χ3n) is 2.15. The molecule has 0 aromatic heterocycles. The summed E-state index contributed by atoms with van der Waals surface area (Å²) in [5.41, 5.74) is 4.78. The maximum Gasteiger partial charge on any atom is 0.268 e. The van der Waals surface area contributed by atoms with E-state index in [0.717, 1.165) is 14.7 Å². The SMILES string of the molecule is CNN1Cc2ccc(I)cc2C1=O. The fourth-order valence-corrected chi connectivity index (χ4v) is 1.94. The van der Waals surface area contributed by atoms with Gasteiger partial charge in [0.25, 0.3) is 5.91 Å². The Balaban J connectivity index is 2.45. The van der Waals surface area contributed by atoms with E-state index in [1.54, 1.807) is 12.1 Å². The highest BCUT2D eigenvalue weighted by molar-refractivity contribution is 14.1. The Hall–Kier alpha value is -0.620. The van der Waals surface area contributed by atoms with Gasteiger partial charge in [-0.3, -0.25) is 9.80 Å². The Morgan fingerprint density at radius 2 is 2.31 bits per heavy atom. The first-order valence-electron chi connectivity index (χ1n) is 4.00. The molecular weight excluding hydrogens is 279 g/mol. The highest BCUT2D eigenvalue weighted by Crippen LogP contribution is 2.22. The fraction of sp³-hybridized carbons (Fsp3) is 0.222. The lowest BCUT2D eigenvalue weighted by Crippen LogP contribution is -2.34. The van der Waals surface area contributed by atoms with Crippen molar-refractivity contribution in [3.8, 4) is 0 Å². The predicted molar refractivity (Wildman–Crippen MR) is 58.1 cm³/mol. The molecule has 0 saturated carbocycles. The number of fused-ring (bicyclic) bond motifs is 1. The monoisotopic (exact) mass is 288 g/mol. The van der Waals surface area contributed by atoms with Crippen molar-refractivity contribution >= 4 is 28.5 Å². The number of nitrogens with zero attached hydrogens (tertiary/aromatic N) is 1. The van der Waals surface area contributed by atoms with Crippen molar-refractivity contribution in [2.75, 3.05) is 7.05 Å². The second kappa shape index (κ2) is 3.26. The van der Waals surface area contributed by atoms with E-state index in [0.29, 0.717) is 6.54 Å². The Bertz CT molecular complexity index is 365. The minimum absolute atomic E-state index is 0.0658. The lowest BCUT2D eigenvalue weighted by atomic mass is 10.1. The van der Waals surface area contributed by atoms with Gasteiger partial charge in [0.05, 0.1) is 6.54 Å². The Labute approximate surface area is 90.2 Å². The highest BCUT2D eigenvalue weighted by Gasteiger charge is 2.26. The van der Waals surface area contributed by atoms with E-state index in [-0.39, 0.29) is 5.91 Å². The average molecular weight is 288 g/mol. The smallest absolute Gasteiger partial charge is 0.268 e. The van der Waals surface area contributed by atoms with E-state index in [9.17, 15) is 4.79 Å². The molecule has 3 nitrogen and oxygen atoms in total. The molecule has 68 valence electrons. The summed E-state index contributed by atoms with van der Waals surface area (Å²) in [5, 5.41) is 1.61. The number of benzene rings is 1. The van der Waals surface area contributed by atoms with E-state index in [2.05, 4.69) is 28.0 Å². The van der Waals surface area contributed by atoms with Crippen LogP contribution in [0.15, 0.2) is 18.2 Å². The number of carbonyl (C=O) groups is 1. The normalized spacial score (nSPS) is 14.9. The molecule has 1 heterocycles. The molecule has 0 atom stereocenters. The second-order valence-corrected chi connectivity index (χ2v) is 4.16. The first-order chi connectivity index (χ1) is 6.22. The van der Waals surface area contributed by atoms with Crippen molar-refractivity contribution < 1.29 is 4.79 Å². The van der Waals surface area contributed by atoms with E-state index in [1.807, 2.05) is 18.2 Å². The fourth-order valence-electron chi connectivity index (χ4n) is 1.45. The molecule has 4 heteroatoms. The number of hydrogen-bond acceptors (Lipinski definition) is 2. The van der Waals surface area contributed by atoms with Gasteiger partial charge in [-0.1, -0.05) is 6.07 Å². The van der Waals surface area contributed by atoms with Gasteiger partial charge in [0.1, 0.15) is 0 Å². The summed E-state index contributed by atoms with van der Waals surface area (Å²) in [6, 6.07) is 5.95. The molecule has 2 rings (SSSR count). The van der Waals surface area contributed by atoms with Crippen LogP contribution in [-0.4, -0.2) is 18.0 Å². The number of nitrogens with one attached hydrogen (secondary N) is 1. The third kappa shape index (κ3) is 1.44.